The summed E-state index contributed by atoms with van der Waals surface area (Å²) in [6.45, 7) is 5.55. The van der Waals surface area contributed by atoms with Gasteiger partial charge in [-0.25, -0.2) is 4.79 Å². The number of nitrogens with zero attached hydrogens (tertiary/aromatic N) is 1. The van der Waals surface area contributed by atoms with E-state index in [1.54, 1.807) is 14.0 Å². The molecule has 118 valence electrons. The number of carbonyl (C=O) groups excluding carboxylic acids is 2. The molecule has 0 spiro atoms. The second kappa shape index (κ2) is 7.84. The Morgan fingerprint density at radius 2 is 2.00 bits per heavy atom. The van der Waals surface area contributed by atoms with Crippen molar-refractivity contribution in [3.8, 4) is 0 Å². The first-order chi connectivity index (χ1) is 9.97. The van der Waals surface area contributed by atoms with E-state index in [4.69, 9.17) is 20.9 Å². The van der Waals surface area contributed by atoms with Crippen LogP contribution in [0, 0.1) is 0 Å². The number of rotatable bonds is 8. The fraction of sp³-hybridized carbons (Fsp3) is 0.538. The molecule has 21 heavy (non-hydrogen) atoms. The molecule has 1 aromatic heterocycles. The standard InChI is InChI=1S/C13H21N3O4S/c1-4-16(6-7-19-3)12-8(13(18)20-5-2)9(14)10(21-12)11(15)17/h4-7,14H2,1-3H3,(H2,15,17). The van der Waals surface area contributed by atoms with Gasteiger partial charge in [-0.3, -0.25) is 4.79 Å². The Labute approximate surface area is 127 Å². The third-order valence-electron chi connectivity index (χ3n) is 2.86. The number of hydrogen-bond donors (Lipinski definition) is 2. The van der Waals surface area contributed by atoms with E-state index in [-0.39, 0.29) is 22.7 Å². The van der Waals surface area contributed by atoms with E-state index in [1.165, 1.54) is 0 Å². The maximum absolute atomic E-state index is 12.1. The van der Waals surface area contributed by atoms with Gasteiger partial charge in [-0.1, -0.05) is 0 Å². The molecular formula is C13H21N3O4S. The lowest BCUT2D eigenvalue weighted by Crippen LogP contribution is -2.27. The van der Waals surface area contributed by atoms with Gasteiger partial charge in [0.2, 0.25) is 0 Å². The van der Waals surface area contributed by atoms with E-state index in [9.17, 15) is 9.59 Å². The van der Waals surface area contributed by atoms with Crippen LogP contribution in [0.5, 0.6) is 0 Å². The molecule has 4 N–H and O–H groups in total. The van der Waals surface area contributed by atoms with Crippen LogP contribution in [0.1, 0.15) is 33.9 Å². The van der Waals surface area contributed by atoms with Crippen LogP contribution in [0.4, 0.5) is 10.7 Å². The highest BCUT2D eigenvalue weighted by atomic mass is 32.1. The normalized spacial score (nSPS) is 10.4. The highest BCUT2D eigenvalue weighted by Crippen LogP contribution is 2.38. The van der Waals surface area contributed by atoms with Crippen molar-refractivity contribution in [2.75, 3.05) is 44.0 Å². The predicted octanol–water partition coefficient (Wildman–Crippen LogP) is 1.08. The first-order valence-corrected chi connectivity index (χ1v) is 7.42. The Kier molecular flexibility index (Phi) is 6.44. The van der Waals surface area contributed by atoms with Gasteiger partial charge < -0.3 is 25.8 Å². The van der Waals surface area contributed by atoms with Gasteiger partial charge in [-0.15, -0.1) is 11.3 Å². The molecule has 0 aliphatic heterocycles. The number of carbonyl (C=O) groups is 2. The molecule has 0 aliphatic carbocycles. The van der Waals surface area contributed by atoms with Crippen LogP contribution in [0.2, 0.25) is 0 Å². The molecule has 0 atom stereocenters. The van der Waals surface area contributed by atoms with E-state index < -0.39 is 11.9 Å². The molecular weight excluding hydrogens is 294 g/mol. The summed E-state index contributed by atoms with van der Waals surface area (Å²) in [5.74, 6) is -1.21. The van der Waals surface area contributed by atoms with Crippen LogP contribution in [-0.2, 0) is 9.47 Å². The summed E-state index contributed by atoms with van der Waals surface area (Å²) in [5.41, 5.74) is 11.5. The Bertz CT molecular complexity index is 516. The number of nitrogens with two attached hydrogens (primary N) is 2. The highest BCUT2D eigenvalue weighted by molar-refractivity contribution is 7.19. The van der Waals surface area contributed by atoms with E-state index in [2.05, 4.69) is 0 Å². The number of amides is 1. The Morgan fingerprint density at radius 3 is 2.48 bits per heavy atom. The number of anilines is 2. The van der Waals surface area contributed by atoms with Crippen molar-refractivity contribution in [2.45, 2.75) is 13.8 Å². The first kappa shape index (κ1) is 17.3. The minimum atomic E-state index is -0.655. The fourth-order valence-corrected chi connectivity index (χ4v) is 2.99. The molecule has 0 aliphatic rings. The van der Waals surface area contributed by atoms with Gasteiger partial charge in [0.05, 0.1) is 18.9 Å². The van der Waals surface area contributed by atoms with Crippen LogP contribution >= 0.6 is 11.3 Å². The lowest BCUT2D eigenvalue weighted by atomic mass is 10.2. The number of hydrogen-bond acceptors (Lipinski definition) is 7. The summed E-state index contributed by atoms with van der Waals surface area (Å²) in [4.78, 5) is 25.6. The molecule has 0 saturated heterocycles. The highest BCUT2D eigenvalue weighted by Gasteiger charge is 2.28. The lowest BCUT2D eigenvalue weighted by Gasteiger charge is -2.22. The summed E-state index contributed by atoms with van der Waals surface area (Å²) in [6, 6.07) is 0. The lowest BCUT2D eigenvalue weighted by molar-refractivity contribution is 0.0528. The van der Waals surface area contributed by atoms with E-state index in [0.717, 1.165) is 11.3 Å². The second-order valence-corrected chi connectivity index (χ2v) is 5.18. The zero-order valence-electron chi connectivity index (χ0n) is 12.5. The summed E-state index contributed by atoms with van der Waals surface area (Å²) >= 11 is 1.10. The zero-order valence-corrected chi connectivity index (χ0v) is 13.3. The van der Waals surface area contributed by atoms with Crippen LogP contribution in [0.3, 0.4) is 0 Å². The van der Waals surface area contributed by atoms with Crippen LogP contribution in [0.25, 0.3) is 0 Å². The zero-order chi connectivity index (χ0) is 16.0. The maximum atomic E-state index is 12.1. The Balaban J connectivity index is 3.30. The van der Waals surface area contributed by atoms with Crippen LogP contribution in [-0.4, -0.2) is 45.3 Å². The quantitative estimate of drug-likeness (QED) is 0.695. The van der Waals surface area contributed by atoms with Gasteiger partial charge in [0.1, 0.15) is 15.4 Å². The van der Waals surface area contributed by atoms with E-state index in [0.29, 0.717) is 24.7 Å². The molecule has 0 aromatic carbocycles. The van der Waals surface area contributed by atoms with Gasteiger partial charge in [0, 0.05) is 20.2 Å². The van der Waals surface area contributed by atoms with Gasteiger partial charge in [-0.05, 0) is 13.8 Å². The van der Waals surface area contributed by atoms with E-state index >= 15 is 0 Å². The van der Waals surface area contributed by atoms with Gasteiger partial charge >= 0.3 is 5.97 Å². The minimum absolute atomic E-state index is 0.0804. The van der Waals surface area contributed by atoms with Crippen molar-refractivity contribution in [1.29, 1.82) is 0 Å². The number of methoxy groups -OCH3 is 1. The van der Waals surface area contributed by atoms with Crippen molar-refractivity contribution in [1.82, 2.24) is 0 Å². The predicted molar refractivity (Wildman–Crippen MR) is 83.0 cm³/mol. The Morgan fingerprint density at radius 1 is 1.33 bits per heavy atom. The van der Waals surface area contributed by atoms with Crippen LogP contribution in [0.15, 0.2) is 0 Å². The SMILES string of the molecule is CCOC(=O)c1c(N(CC)CCOC)sc(C(N)=O)c1N. The molecule has 0 radical (unpaired) electrons. The molecule has 1 aromatic rings. The molecule has 1 amide bonds. The van der Waals surface area contributed by atoms with Crippen molar-refractivity contribution in [3.05, 3.63) is 10.4 Å². The van der Waals surface area contributed by atoms with E-state index in [1.807, 2.05) is 11.8 Å². The summed E-state index contributed by atoms with van der Waals surface area (Å²) in [6.07, 6.45) is 0. The minimum Gasteiger partial charge on any atom is -0.462 e. The second-order valence-electron chi connectivity index (χ2n) is 4.18. The summed E-state index contributed by atoms with van der Waals surface area (Å²) < 4.78 is 10.1. The third kappa shape index (κ3) is 3.85. The number of thiophene rings is 1. The molecule has 0 saturated carbocycles. The monoisotopic (exact) mass is 315 g/mol. The number of likely N-dealkylation sites (N-methyl/N-ethyl adjacent to an activating group) is 1. The van der Waals surface area contributed by atoms with Crippen LogP contribution < -0.4 is 16.4 Å². The Hall–Kier alpha value is -1.80. The number of nitrogen functional groups attached to an aromatic ring is 1. The van der Waals surface area contributed by atoms with Crippen molar-refractivity contribution < 1.29 is 19.1 Å². The molecule has 7 nitrogen and oxygen atoms in total. The smallest absolute Gasteiger partial charge is 0.343 e. The summed E-state index contributed by atoms with van der Waals surface area (Å²) in [7, 11) is 1.59. The molecule has 1 rings (SSSR count). The number of ether oxygens (including phenoxy) is 2. The van der Waals surface area contributed by atoms with Gasteiger partial charge in [0.25, 0.3) is 5.91 Å². The largest absolute Gasteiger partial charge is 0.462 e. The van der Waals surface area contributed by atoms with Gasteiger partial charge in [0.15, 0.2) is 0 Å². The molecule has 0 fully saturated rings. The maximum Gasteiger partial charge on any atom is 0.343 e. The van der Waals surface area contributed by atoms with Crippen molar-refractivity contribution in [2.24, 2.45) is 5.73 Å². The van der Waals surface area contributed by atoms with Crippen molar-refractivity contribution >= 4 is 33.9 Å². The summed E-state index contributed by atoms with van der Waals surface area (Å²) in [5, 5.41) is 0.583. The molecule has 8 heteroatoms. The average Bonchev–Trinajstić information content (AvgIpc) is 2.78. The number of primary amides is 1. The first-order valence-electron chi connectivity index (χ1n) is 6.60. The molecule has 1 heterocycles. The molecule has 0 bridgehead atoms. The average molecular weight is 315 g/mol. The fourth-order valence-electron chi connectivity index (χ4n) is 1.84. The number of esters is 1. The van der Waals surface area contributed by atoms with Gasteiger partial charge in [-0.2, -0.15) is 0 Å². The van der Waals surface area contributed by atoms with Crippen molar-refractivity contribution in [3.63, 3.8) is 0 Å². The molecule has 0 unspecified atom stereocenters. The topological polar surface area (TPSA) is 108 Å². The third-order valence-corrected chi connectivity index (χ3v) is 4.15.